The van der Waals surface area contributed by atoms with E-state index < -0.39 is 0 Å². The summed E-state index contributed by atoms with van der Waals surface area (Å²) in [6, 6.07) is 11.2. The molecule has 0 fully saturated rings. The molecule has 0 aliphatic rings. The molecule has 0 atom stereocenters. The highest BCUT2D eigenvalue weighted by molar-refractivity contribution is 6.30. The van der Waals surface area contributed by atoms with Crippen molar-refractivity contribution in [1.29, 1.82) is 0 Å². The quantitative estimate of drug-likeness (QED) is 0.922. The molecule has 0 saturated carbocycles. The molecule has 1 N–H and O–H groups in total. The van der Waals surface area contributed by atoms with Crippen molar-refractivity contribution in [1.82, 2.24) is 15.1 Å². The van der Waals surface area contributed by atoms with Gasteiger partial charge < -0.3 is 10.2 Å². The molecule has 1 aromatic heterocycles. The average Bonchev–Trinajstić information content (AvgIpc) is 2.49. The van der Waals surface area contributed by atoms with Crippen molar-refractivity contribution >= 4 is 23.3 Å². The average molecular weight is 305 g/mol. The summed E-state index contributed by atoms with van der Waals surface area (Å²) in [5.41, 5.74) is 1.53. The van der Waals surface area contributed by atoms with Gasteiger partial charge in [-0.25, -0.2) is 0 Å². The van der Waals surface area contributed by atoms with E-state index >= 15 is 0 Å². The summed E-state index contributed by atoms with van der Waals surface area (Å²) in [5.74, 6) is 0.495. The zero-order chi connectivity index (χ0) is 15.2. The topological polar surface area (TPSA) is 58.1 Å². The van der Waals surface area contributed by atoms with Crippen LogP contribution in [-0.2, 0) is 6.42 Å². The molecule has 110 valence electrons. The molecule has 21 heavy (non-hydrogen) atoms. The van der Waals surface area contributed by atoms with Crippen molar-refractivity contribution in [2.24, 2.45) is 0 Å². The number of hydrogen-bond acceptors (Lipinski definition) is 4. The van der Waals surface area contributed by atoms with E-state index in [0.717, 1.165) is 18.0 Å². The molecule has 0 aliphatic heterocycles. The van der Waals surface area contributed by atoms with Gasteiger partial charge >= 0.3 is 0 Å². The maximum atomic E-state index is 11.7. The third-order valence-corrected chi connectivity index (χ3v) is 3.17. The van der Waals surface area contributed by atoms with Gasteiger partial charge in [-0.2, -0.15) is 0 Å². The zero-order valence-electron chi connectivity index (χ0n) is 12.0. The summed E-state index contributed by atoms with van der Waals surface area (Å²) in [4.78, 5) is 13.1. The van der Waals surface area contributed by atoms with Gasteiger partial charge in [0, 0.05) is 25.7 Å². The highest BCUT2D eigenvalue weighted by atomic mass is 35.5. The molecule has 0 aliphatic carbocycles. The van der Waals surface area contributed by atoms with Crippen molar-refractivity contribution in [2.75, 3.05) is 26.0 Å². The number of aromatic nitrogens is 2. The van der Waals surface area contributed by atoms with E-state index in [-0.39, 0.29) is 5.91 Å². The van der Waals surface area contributed by atoms with E-state index in [1.54, 1.807) is 26.2 Å². The van der Waals surface area contributed by atoms with Crippen LogP contribution in [-0.4, -0.2) is 41.6 Å². The minimum absolute atomic E-state index is 0.157. The van der Waals surface area contributed by atoms with Crippen LogP contribution in [0.15, 0.2) is 36.4 Å². The first-order chi connectivity index (χ1) is 10.1. The van der Waals surface area contributed by atoms with Crippen molar-refractivity contribution < 1.29 is 4.79 Å². The highest BCUT2D eigenvalue weighted by Crippen LogP contribution is 2.10. The molecule has 2 aromatic rings. The van der Waals surface area contributed by atoms with Crippen LogP contribution in [0.5, 0.6) is 0 Å². The number of amides is 1. The fourth-order valence-electron chi connectivity index (χ4n) is 1.76. The zero-order valence-corrected chi connectivity index (χ0v) is 12.8. The standard InChI is InChI=1S/C15H17ClN4O/c1-20(2)15(21)13-7-8-14(19-18-13)17-10-9-11-3-5-12(16)6-4-11/h3-8H,9-10H2,1-2H3,(H,17,19). The van der Waals surface area contributed by atoms with Crippen LogP contribution in [0, 0.1) is 0 Å². The van der Waals surface area contributed by atoms with Gasteiger partial charge in [-0.3, -0.25) is 4.79 Å². The fourth-order valence-corrected chi connectivity index (χ4v) is 1.88. The maximum absolute atomic E-state index is 11.7. The number of hydrogen-bond donors (Lipinski definition) is 1. The summed E-state index contributed by atoms with van der Waals surface area (Å²) < 4.78 is 0. The molecule has 0 unspecified atom stereocenters. The molecule has 6 heteroatoms. The van der Waals surface area contributed by atoms with E-state index in [1.807, 2.05) is 24.3 Å². The van der Waals surface area contributed by atoms with E-state index in [9.17, 15) is 4.79 Å². The van der Waals surface area contributed by atoms with E-state index in [4.69, 9.17) is 11.6 Å². The molecule has 1 heterocycles. The van der Waals surface area contributed by atoms with Crippen LogP contribution in [0.25, 0.3) is 0 Å². The lowest BCUT2D eigenvalue weighted by molar-refractivity contribution is 0.0821. The minimum Gasteiger partial charge on any atom is -0.368 e. The second-order valence-electron chi connectivity index (χ2n) is 4.81. The lowest BCUT2D eigenvalue weighted by atomic mass is 10.1. The summed E-state index contributed by atoms with van der Waals surface area (Å²) in [5, 5.41) is 11.8. The molecular formula is C15H17ClN4O. The summed E-state index contributed by atoms with van der Waals surface area (Å²) in [6.45, 7) is 0.733. The summed E-state index contributed by atoms with van der Waals surface area (Å²) >= 11 is 5.84. The lowest BCUT2D eigenvalue weighted by Crippen LogP contribution is -2.23. The number of nitrogens with zero attached hydrogens (tertiary/aromatic N) is 3. The Morgan fingerprint density at radius 3 is 2.43 bits per heavy atom. The van der Waals surface area contributed by atoms with Crippen LogP contribution < -0.4 is 5.32 Å². The minimum atomic E-state index is -0.157. The number of rotatable bonds is 5. The fraction of sp³-hybridized carbons (Fsp3) is 0.267. The number of carbonyl (C=O) groups is 1. The third-order valence-electron chi connectivity index (χ3n) is 2.92. The summed E-state index contributed by atoms with van der Waals surface area (Å²) in [7, 11) is 3.37. The van der Waals surface area contributed by atoms with Crippen LogP contribution in [0.3, 0.4) is 0 Å². The predicted molar refractivity (Wildman–Crippen MR) is 83.7 cm³/mol. The van der Waals surface area contributed by atoms with Crippen molar-refractivity contribution in [2.45, 2.75) is 6.42 Å². The summed E-state index contributed by atoms with van der Waals surface area (Å²) in [6.07, 6.45) is 0.858. The first kappa shape index (κ1) is 15.3. The number of halogens is 1. The first-order valence-electron chi connectivity index (χ1n) is 6.60. The molecule has 0 radical (unpaired) electrons. The van der Waals surface area contributed by atoms with Crippen molar-refractivity contribution in [3.63, 3.8) is 0 Å². The van der Waals surface area contributed by atoms with Gasteiger partial charge in [-0.15, -0.1) is 10.2 Å². The van der Waals surface area contributed by atoms with Gasteiger partial charge in [0.25, 0.3) is 5.91 Å². The Bertz CT molecular complexity index is 596. The van der Waals surface area contributed by atoms with Gasteiger partial charge in [0.15, 0.2) is 5.69 Å². The highest BCUT2D eigenvalue weighted by Gasteiger charge is 2.09. The Labute approximate surface area is 128 Å². The van der Waals surface area contributed by atoms with E-state index in [1.165, 1.54) is 10.5 Å². The monoisotopic (exact) mass is 304 g/mol. The first-order valence-corrected chi connectivity index (χ1v) is 6.98. The third kappa shape index (κ3) is 4.43. The number of carbonyl (C=O) groups excluding carboxylic acids is 1. The number of anilines is 1. The molecule has 0 saturated heterocycles. The Kier molecular flexibility index (Phi) is 5.11. The second kappa shape index (κ2) is 7.04. The predicted octanol–water partition coefficient (Wildman–Crippen LogP) is 2.49. The molecule has 5 nitrogen and oxygen atoms in total. The van der Waals surface area contributed by atoms with Gasteiger partial charge in [0.1, 0.15) is 5.82 Å². The van der Waals surface area contributed by atoms with Crippen LogP contribution >= 0.6 is 11.6 Å². The van der Waals surface area contributed by atoms with Crippen molar-refractivity contribution in [3.8, 4) is 0 Å². The lowest BCUT2D eigenvalue weighted by Gasteiger charge is -2.09. The van der Waals surface area contributed by atoms with Crippen molar-refractivity contribution in [3.05, 3.63) is 52.7 Å². The van der Waals surface area contributed by atoms with Gasteiger partial charge in [0.05, 0.1) is 0 Å². The van der Waals surface area contributed by atoms with Gasteiger partial charge in [0.2, 0.25) is 0 Å². The van der Waals surface area contributed by atoms with E-state index in [0.29, 0.717) is 11.5 Å². The Balaban J connectivity index is 1.86. The molecule has 1 amide bonds. The molecular weight excluding hydrogens is 288 g/mol. The van der Waals surface area contributed by atoms with Crippen LogP contribution in [0.2, 0.25) is 5.02 Å². The van der Waals surface area contributed by atoms with Crippen LogP contribution in [0.1, 0.15) is 16.1 Å². The van der Waals surface area contributed by atoms with Gasteiger partial charge in [-0.05, 0) is 36.2 Å². The maximum Gasteiger partial charge on any atom is 0.273 e. The Morgan fingerprint density at radius 1 is 1.14 bits per heavy atom. The smallest absolute Gasteiger partial charge is 0.273 e. The van der Waals surface area contributed by atoms with E-state index in [2.05, 4.69) is 15.5 Å². The Morgan fingerprint density at radius 2 is 1.86 bits per heavy atom. The van der Waals surface area contributed by atoms with Gasteiger partial charge in [-0.1, -0.05) is 23.7 Å². The Hall–Kier alpha value is -2.14. The normalized spacial score (nSPS) is 10.2. The SMILES string of the molecule is CN(C)C(=O)c1ccc(NCCc2ccc(Cl)cc2)nn1. The molecule has 0 bridgehead atoms. The second-order valence-corrected chi connectivity index (χ2v) is 5.24. The van der Waals surface area contributed by atoms with Crippen LogP contribution in [0.4, 0.5) is 5.82 Å². The largest absolute Gasteiger partial charge is 0.368 e. The number of nitrogens with one attached hydrogen (secondary N) is 1. The molecule has 2 rings (SSSR count). The number of benzene rings is 1. The molecule has 0 spiro atoms. The molecule has 1 aromatic carbocycles.